The van der Waals surface area contributed by atoms with Crippen molar-refractivity contribution >= 4 is 17.2 Å². The molecule has 0 spiro atoms. The van der Waals surface area contributed by atoms with Gasteiger partial charge in [-0.15, -0.1) is 11.3 Å². The number of tetrazole rings is 1. The molecule has 134 valence electrons. The summed E-state index contributed by atoms with van der Waals surface area (Å²) in [5.74, 6) is 0.528. The molecule has 1 saturated carbocycles. The van der Waals surface area contributed by atoms with Gasteiger partial charge < -0.3 is 4.90 Å². The fourth-order valence-corrected chi connectivity index (χ4v) is 4.62. The zero-order valence-corrected chi connectivity index (χ0v) is 15.0. The Kier molecular flexibility index (Phi) is 4.70. The number of carbonyl (C=O) groups is 1. The largest absolute Gasteiger partial charge is 0.369 e. The molecule has 0 atom stereocenters. The molecule has 1 saturated heterocycles. The minimum absolute atomic E-state index is 0.0246. The molecule has 2 fully saturated rings. The number of hydrogen-bond donors (Lipinski definition) is 0. The zero-order chi connectivity index (χ0) is 17.2. The van der Waals surface area contributed by atoms with Gasteiger partial charge in [0.15, 0.2) is 0 Å². The SMILES string of the molecule is O=C(C1CCCCC1)N1CCC(n2nnn(-c3cccs3)c2=O)CC1. The average Bonchev–Trinajstić information content (AvgIpc) is 3.31. The van der Waals surface area contributed by atoms with Gasteiger partial charge in [0.05, 0.1) is 6.04 Å². The van der Waals surface area contributed by atoms with Gasteiger partial charge in [0.25, 0.3) is 0 Å². The number of piperidine rings is 1. The van der Waals surface area contributed by atoms with Crippen molar-refractivity contribution in [1.29, 1.82) is 0 Å². The Hall–Kier alpha value is -1.96. The number of thiophene rings is 1. The summed E-state index contributed by atoms with van der Waals surface area (Å²) in [5.41, 5.74) is -0.195. The standard InChI is InChI=1S/C17H23N5O2S/c23-16(13-5-2-1-3-6-13)20-10-8-14(9-11-20)21-17(24)22(19-18-21)15-7-4-12-25-15/h4,7,12-14H,1-3,5-6,8-11H2. The van der Waals surface area contributed by atoms with Crippen LogP contribution in [0.15, 0.2) is 22.3 Å². The van der Waals surface area contributed by atoms with Crippen molar-refractivity contribution in [3.8, 4) is 5.00 Å². The number of amides is 1. The quantitative estimate of drug-likeness (QED) is 0.840. The van der Waals surface area contributed by atoms with Gasteiger partial charge in [-0.25, -0.2) is 4.79 Å². The van der Waals surface area contributed by atoms with E-state index in [0.29, 0.717) is 19.0 Å². The highest BCUT2D eigenvalue weighted by molar-refractivity contribution is 7.12. The van der Waals surface area contributed by atoms with Crippen molar-refractivity contribution in [2.45, 2.75) is 51.0 Å². The molecule has 8 heteroatoms. The number of likely N-dealkylation sites (tertiary alicyclic amines) is 1. The maximum absolute atomic E-state index is 12.6. The van der Waals surface area contributed by atoms with E-state index in [2.05, 4.69) is 10.4 Å². The topological polar surface area (TPSA) is 73.0 Å². The van der Waals surface area contributed by atoms with Crippen LogP contribution in [0.25, 0.3) is 5.00 Å². The molecular formula is C17H23N5O2S. The lowest BCUT2D eigenvalue weighted by Gasteiger charge is -2.34. The lowest BCUT2D eigenvalue weighted by atomic mass is 9.87. The van der Waals surface area contributed by atoms with Crippen LogP contribution in [0.4, 0.5) is 0 Å². The molecule has 4 rings (SSSR count). The first-order chi connectivity index (χ1) is 12.2. The molecule has 0 radical (unpaired) electrons. The van der Waals surface area contributed by atoms with E-state index in [0.717, 1.165) is 30.7 Å². The normalized spacial score (nSPS) is 20.1. The van der Waals surface area contributed by atoms with Crippen LogP contribution in [0, 0.1) is 5.92 Å². The van der Waals surface area contributed by atoms with Crippen molar-refractivity contribution in [1.82, 2.24) is 24.7 Å². The summed E-state index contributed by atoms with van der Waals surface area (Å²) in [5, 5.41) is 10.8. The van der Waals surface area contributed by atoms with Gasteiger partial charge in [-0.2, -0.15) is 9.36 Å². The molecule has 1 aliphatic carbocycles. The Bertz CT molecular complexity index is 767. The number of rotatable bonds is 3. The average molecular weight is 361 g/mol. The Morgan fingerprint density at radius 1 is 1.08 bits per heavy atom. The van der Waals surface area contributed by atoms with Crippen LogP contribution in [-0.4, -0.2) is 43.7 Å². The number of nitrogens with zero attached hydrogens (tertiary/aromatic N) is 5. The third kappa shape index (κ3) is 3.27. The molecule has 1 amide bonds. The van der Waals surface area contributed by atoms with E-state index in [1.165, 1.54) is 40.0 Å². The third-order valence-corrected chi connectivity index (χ3v) is 6.24. The fraction of sp³-hybridized carbons (Fsp3) is 0.647. The fourth-order valence-electron chi connectivity index (χ4n) is 3.95. The van der Waals surface area contributed by atoms with E-state index < -0.39 is 0 Å². The summed E-state index contributed by atoms with van der Waals surface area (Å²) in [7, 11) is 0. The van der Waals surface area contributed by atoms with Gasteiger partial charge >= 0.3 is 5.69 Å². The second kappa shape index (κ2) is 7.11. The summed E-state index contributed by atoms with van der Waals surface area (Å²) in [4.78, 5) is 27.2. The zero-order valence-electron chi connectivity index (χ0n) is 14.2. The summed E-state index contributed by atoms with van der Waals surface area (Å²) in [6, 6.07) is 3.77. The molecule has 2 aliphatic rings. The molecule has 7 nitrogen and oxygen atoms in total. The molecule has 1 aliphatic heterocycles. The number of carbonyl (C=O) groups excluding carboxylic acids is 1. The molecular weight excluding hydrogens is 338 g/mol. The van der Waals surface area contributed by atoms with Gasteiger partial charge in [0, 0.05) is 19.0 Å². The van der Waals surface area contributed by atoms with Crippen LogP contribution < -0.4 is 5.69 Å². The first-order valence-corrected chi connectivity index (χ1v) is 9.99. The maximum Gasteiger partial charge on any atom is 0.369 e. The molecule has 0 unspecified atom stereocenters. The molecule has 2 aromatic rings. The molecule has 25 heavy (non-hydrogen) atoms. The third-order valence-electron chi connectivity index (χ3n) is 5.39. The van der Waals surface area contributed by atoms with Gasteiger partial charge in [-0.1, -0.05) is 19.3 Å². The second-order valence-corrected chi connectivity index (χ2v) is 7.89. The van der Waals surface area contributed by atoms with Crippen LogP contribution in [0.2, 0.25) is 0 Å². The van der Waals surface area contributed by atoms with Gasteiger partial charge in [-0.05, 0) is 53.6 Å². The lowest BCUT2D eigenvalue weighted by Crippen LogP contribution is -2.44. The number of hydrogen-bond acceptors (Lipinski definition) is 5. The lowest BCUT2D eigenvalue weighted by molar-refractivity contribution is -0.137. The van der Waals surface area contributed by atoms with Crippen molar-refractivity contribution in [2.24, 2.45) is 5.92 Å². The van der Waals surface area contributed by atoms with Crippen molar-refractivity contribution in [3.05, 3.63) is 28.0 Å². The summed E-state index contributed by atoms with van der Waals surface area (Å²) in [6.07, 6.45) is 7.21. The smallest absolute Gasteiger partial charge is 0.342 e. The number of aromatic nitrogens is 4. The first-order valence-electron chi connectivity index (χ1n) is 9.11. The predicted molar refractivity (Wildman–Crippen MR) is 94.9 cm³/mol. The minimum Gasteiger partial charge on any atom is -0.342 e. The highest BCUT2D eigenvalue weighted by Crippen LogP contribution is 2.28. The second-order valence-electron chi connectivity index (χ2n) is 6.96. The Morgan fingerprint density at radius 2 is 1.84 bits per heavy atom. The van der Waals surface area contributed by atoms with Crippen molar-refractivity contribution < 1.29 is 4.79 Å². The molecule has 3 heterocycles. The monoisotopic (exact) mass is 361 g/mol. The van der Waals surface area contributed by atoms with Gasteiger partial charge in [-0.3, -0.25) is 4.79 Å². The summed E-state index contributed by atoms with van der Waals surface area (Å²) < 4.78 is 2.84. The van der Waals surface area contributed by atoms with E-state index >= 15 is 0 Å². The maximum atomic E-state index is 12.6. The van der Waals surface area contributed by atoms with E-state index in [1.54, 1.807) is 0 Å². The van der Waals surface area contributed by atoms with E-state index in [-0.39, 0.29) is 17.6 Å². The van der Waals surface area contributed by atoms with Crippen LogP contribution >= 0.6 is 11.3 Å². The van der Waals surface area contributed by atoms with Crippen molar-refractivity contribution in [2.75, 3.05) is 13.1 Å². The van der Waals surface area contributed by atoms with Crippen molar-refractivity contribution in [3.63, 3.8) is 0 Å². The molecule has 0 bridgehead atoms. The van der Waals surface area contributed by atoms with E-state index in [1.807, 2.05) is 22.4 Å². The molecule has 2 aromatic heterocycles. The van der Waals surface area contributed by atoms with Crippen LogP contribution in [0.3, 0.4) is 0 Å². The summed E-state index contributed by atoms with van der Waals surface area (Å²) in [6.45, 7) is 1.41. The first kappa shape index (κ1) is 16.5. The Balaban J connectivity index is 1.41. The van der Waals surface area contributed by atoms with Crippen LogP contribution in [0.5, 0.6) is 0 Å². The molecule has 0 aromatic carbocycles. The van der Waals surface area contributed by atoms with E-state index in [9.17, 15) is 9.59 Å². The van der Waals surface area contributed by atoms with E-state index in [4.69, 9.17) is 0 Å². The van der Waals surface area contributed by atoms with Gasteiger partial charge in [0.1, 0.15) is 5.00 Å². The highest BCUT2D eigenvalue weighted by atomic mass is 32.1. The Morgan fingerprint density at radius 3 is 2.52 bits per heavy atom. The predicted octanol–water partition coefficient (Wildman–Crippen LogP) is 2.23. The summed E-state index contributed by atoms with van der Waals surface area (Å²) >= 11 is 1.46. The highest BCUT2D eigenvalue weighted by Gasteiger charge is 2.30. The van der Waals surface area contributed by atoms with Crippen LogP contribution in [0.1, 0.15) is 51.0 Å². The minimum atomic E-state index is -0.195. The molecule has 0 N–H and O–H groups in total. The van der Waals surface area contributed by atoms with Crippen LogP contribution in [-0.2, 0) is 4.79 Å². The van der Waals surface area contributed by atoms with Gasteiger partial charge in [0.2, 0.25) is 5.91 Å². The Labute approximate surface area is 150 Å².